The van der Waals surface area contributed by atoms with E-state index in [1.807, 2.05) is 79.7 Å². The fourth-order valence-electron chi connectivity index (χ4n) is 4.98. The van der Waals surface area contributed by atoms with Gasteiger partial charge in [0.2, 0.25) is 0 Å². The van der Waals surface area contributed by atoms with Gasteiger partial charge in [-0.1, -0.05) is 61.0 Å². The number of carbonyl (C=O) groups excluding carboxylic acids is 2. The lowest BCUT2D eigenvalue weighted by molar-refractivity contribution is -0.154. The minimum Gasteiger partial charge on any atom is -0.457 e. The fraction of sp³-hybridized carbons (Fsp3) is 0.286. The van der Waals surface area contributed by atoms with E-state index in [2.05, 4.69) is 0 Å². The Morgan fingerprint density at radius 1 is 0.875 bits per heavy atom. The Bertz CT molecular complexity index is 1140. The van der Waals surface area contributed by atoms with E-state index >= 15 is 0 Å². The van der Waals surface area contributed by atoms with Crippen molar-refractivity contribution in [2.75, 3.05) is 0 Å². The van der Waals surface area contributed by atoms with Crippen molar-refractivity contribution in [2.24, 2.45) is 0 Å². The molecule has 4 nitrogen and oxygen atoms in total. The molecule has 0 aromatic heterocycles. The zero-order chi connectivity index (χ0) is 22.1. The van der Waals surface area contributed by atoms with Crippen LogP contribution in [0.25, 0.3) is 11.1 Å². The normalized spacial score (nSPS) is 19.7. The third-order valence-corrected chi connectivity index (χ3v) is 6.63. The quantitative estimate of drug-likeness (QED) is 0.359. The summed E-state index contributed by atoms with van der Waals surface area (Å²) in [4.78, 5) is 26.6. The number of hydrogen-bond donors (Lipinski definition) is 0. The first-order valence-corrected chi connectivity index (χ1v) is 11.3. The summed E-state index contributed by atoms with van der Waals surface area (Å²) in [6, 6.07) is 23.4. The number of ether oxygens (including phenoxy) is 2. The van der Waals surface area contributed by atoms with Crippen LogP contribution in [-0.2, 0) is 14.3 Å². The molecule has 4 heteroatoms. The summed E-state index contributed by atoms with van der Waals surface area (Å²) in [5.74, 6) is -0.351. The van der Waals surface area contributed by atoms with E-state index in [1.54, 1.807) is 0 Å². The second-order valence-corrected chi connectivity index (χ2v) is 8.76. The van der Waals surface area contributed by atoms with Crippen LogP contribution in [0.3, 0.4) is 0 Å². The maximum atomic E-state index is 13.6. The number of Topliss-reactive ketones (excluding diaryl/α,β-unsaturated/α-hetero) is 1. The van der Waals surface area contributed by atoms with Crippen LogP contribution in [0, 0.1) is 6.92 Å². The first kappa shape index (κ1) is 20.5. The molecule has 3 aromatic carbocycles. The Labute approximate surface area is 188 Å². The summed E-state index contributed by atoms with van der Waals surface area (Å²) in [5, 5.41) is 0. The summed E-state index contributed by atoms with van der Waals surface area (Å²) in [6.07, 6.45) is 4.12. The molecule has 0 bridgehead atoms. The van der Waals surface area contributed by atoms with Gasteiger partial charge >= 0.3 is 5.97 Å². The Morgan fingerprint density at radius 2 is 1.53 bits per heavy atom. The van der Waals surface area contributed by atoms with E-state index in [0.29, 0.717) is 29.9 Å². The molecule has 162 valence electrons. The van der Waals surface area contributed by atoms with E-state index in [4.69, 9.17) is 9.47 Å². The molecule has 3 aromatic rings. The average molecular weight is 427 g/mol. The lowest BCUT2D eigenvalue weighted by atomic mass is 9.77. The maximum Gasteiger partial charge on any atom is 0.322 e. The summed E-state index contributed by atoms with van der Waals surface area (Å²) in [7, 11) is 0. The summed E-state index contributed by atoms with van der Waals surface area (Å²) in [6.45, 7) is 2.00. The minimum atomic E-state index is -0.962. The number of esters is 1. The number of benzene rings is 3. The van der Waals surface area contributed by atoms with Crippen molar-refractivity contribution in [2.45, 2.75) is 50.5 Å². The Kier molecular flexibility index (Phi) is 5.30. The standard InChI is InChI=1S/C28H26O4/c1-19-17-23(25-26(29)28(32-27(25)30)15-9-4-10-16-28)24(31-21-13-7-3-8-14-21)18-22(19)20-11-5-2-6-12-20/h2-3,5-8,11-14,17-18,25H,4,9-10,15-16H2,1H3. The van der Waals surface area contributed by atoms with Crippen molar-refractivity contribution in [1.82, 2.24) is 0 Å². The van der Waals surface area contributed by atoms with Gasteiger partial charge in [-0.3, -0.25) is 9.59 Å². The monoisotopic (exact) mass is 426 g/mol. The van der Waals surface area contributed by atoms with Crippen LogP contribution in [0.2, 0.25) is 0 Å². The van der Waals surface area contributed by atoms with Gasteiger partial charge in [0.1, 0.15) is 17.4 Å². The molecule has 32 heavy (non-hydrogen) atoms. The van der Waals surface area contributed by atoms with Crippen LogP contribution in [0.15, 0.2) is 72.8 Å². The number of carbonyl (C=O) groups is 2. The molecule has 0 amide bonds. The van der Waals surface area contributed by atoms with Gasteiger partial charge in [-0.2, -0.15) is 0 Å². The predicted octanol–water partition coefficient (Wildman–Crippen LogP) is 6.37. The van der Waals surface area contributed by atoms with Gasteiger partial charge in [-0.25, -0.2) is 0 Å². The topological polar surface area (TPSA) is 52.6 Å². The van der Waals surface area contributed by atoms with Crippen molar-refractivity contribution in [3.05, 3.63) is 83.9 Å². The first-order chi connectivity index (χ1) is 15.6. The molecule has 1 atom stereocenters. The number of hydrogen-bond acceptors (Lipinski definition) is 4. The molecule has 0 radical (unpaired) electrons. The number of rotatable bonds is 4. The Balaban J connectivity index is 1.61. The van der Waals surface area contributed by atoms with Gasteiger partial charge in [0, 0.05) is 5.56 Å². The smallest absolute Gasteiger partial charge is 0.322 e. The van der Waals surface area contributed by atoms with E-state index in [-0.39, 0.29) is 5.78 Å². The third kappa shape index (κ3) is 3.60. The van der Waals surface area contributed by atoms with Crippen LogP contribution < -0.4 is 4.74 Å². The number of para-hydroxylation sites is 1. The molecule has 1 saturated carbocycles. The Morgan fingerprint density at radius 3 is 2.22 bits per heavy atom. The van der Waals surface area contributed by atoms with Crippen LogP contribution in [0.4, 0.5) is 0 Å². The highest BCUT2D eigenvalue weighted by atomic mass is 16.6. The van der Waals surface area contributed by atoms with Gasteiger partial charge in [0.25, 0.3) is 0 Å². The molecule has 1 aliphatic carbocycles. The summed E-state index contributed by atoms with van der Waals surface area (Å²) < 4.78 is 12.0. The van der Waals surface area contributed by atoms with Crippen LogP contribution in [0.5, 0.6) is 11.5 Å². The highest BCUT2D eigenvalue weighted by Crippen LogP contribution is 2.46. The van der Waals surface area contributed by atoms with E-state index < -0.39 is 17.5 Å². The molecule has 1 saturated heterocycles. The SMILES string of the molecule is Cc1cc(C2C(=O)OC3(CCCCC3)C2=O)c(Oc2ccccc2)cc1-c1ccccc1. The lowest BCUT2D eigenvalue weighted by Crippen LogP contribution is -2.39. The zero-order valence-corrected chi connectivity index (χ0v) is 18.2. The average Bonchev–Trinajstić information content (AvgIpc) is 3.05. The first-order valence-electron chi connectivity index (χ1n) is 11.3. The second-order valence-electron chi connectivity index (χ2n) is 8.76. The van der Waals surface area contributed by atoms with Crippen molar-refractivity contribution < 1.29 is 19.1 Å². The molecule has 0 N–H and O–H groups in total. The van der Waals surface area contributed by atoms with Crippen LogP contribution in [0.1, 0.15) is 49.1 Å². The van der Waals surface area contributed by atoms with Crippen LogP contribution >= 0.6 is 0 Å². The summed E-state index contributed by atoms with van der Waals surface area (Å²) >= 11 is 0. The maximum absolute atomic E-state index is 13.6. The van der Waals surface area contributed by atoms with Gasteiger partial charge in [0.05, 0.1) is 0 Å². The van der Waals surface area contributed by atoms with Crippen molar-refractivity contribution >= 4 is 11.8 Å². The highest BCUT2D eigenvalue weighted by molar-refractivity contribution is 6.14. The summed E-state index contributed by atoms with van der Waals surface area (Å²) in [5.41, 5.74) is 2.67. The van der Waals surface area contributed by atoms with Crippen molar-refractivity contribution in [1.29, 1.82) is 0 Å². The highest BCUT2D eigenvalue weighted by Gasteiger charge is 2.56. The van der Waals surface area contributed by atoms with Gasteiger partial charge < -0.3 is 9.47 Å². The molecule has 1 spiro atoms. The van der Waals surface area contributed by atoms with Gasteiger partial charge in [0.15, 0.2) is 11.4 Å². The molecule has 1 unspecified atom stereocenters. The largest absolute Gasteiger partial charge is 0.457 e. The minimum absolute atomic E-state index is 0.119. The zero-order valence-electron chi connectivity index (χ0n) is 18.2. The molecule has 1 aliphatic heterocycles. The number of ketones is 1. The van der Waals surface area contributed by atoms with Gasteiger partial charge in [-0.05, 0) is 67.5 Å². The Hall–Kier alpha value is -3.40. The molecule has 2 aliphatic rings. The fourth-order valence-corrected chi connectivity index (χ4v) is 4.98. The van der Waals surface area contributed by atoms with E-state index in [0.717, 1.165) is 36.0 Å². The van der Waals surface area contributed by atoms with Crippen molar-refractivity contribution in [3.63, 3.8) is 0 Å². The molecule has 1 heterocycles. The molecular weight excluding hydrogens is 400 g/mol. The molecular formula is C28H26O4. The second kappa shape index (κ2) is 8.27. The van der Waals surface area contributed by atoms with E-state index in [9.17, 15) is 9.59 Å². The molecule has 2 fully saturated rings. The number of aryl methyl sites for hydroxylation is 1. The van der Waals surface area contributed by atoms with Crippen LogP contribution in [-0.4, -0.2) is 17.4 Å². The molecule has 5 rings (SSSR count). The van der Waals surface area contributed by atoms with Gasteiger partial charge in [-0.15, -0.1) is 0 Å². The third-order valence-electron chi connectivity index (χ3n) is 6.63. The predicted molar refractivity (Wildman–Crippen MR) is 123 cm³/mol. The lowest BCUT2D eigenvalue weighted by Gasteiger charge is -2.30. The van der Waals surface area contributed by atoms with Crippen molar-refractivity contribution in [3.8, 4) is 22.6 Å². The van der Waals surface area contributed by atoms with E-state index in [1.165, 1.54) is 0 Å².